The first-order valence-corrected chi connectivity index (χ1v) is 13.4. The van der Waals surface area contributed by atoms with E-state index < -0.39 is 63.1 Å². The Bertz CT molecular complexity index is 1160. The van der Waals surface area contributed by atoms with Crippen LogP contribution in [-0.2, 0) is 28.7 Å². The molecule has 0 aromatic rings. The van der Waals surface area contributed by atoms with E-state index in [9.17, 15) is 39.3 Å². The van der Waals surface area contributed by atoms with E-state index >= 15 is 0 Å². The van der Waals surface area contributed by atoms with E-state index in [1.165, 1.54) is 13.8 Å². The quantitative estimate of drug-likeness (QED) is 0.453. The minimum atomic E-state index is -1.70. The van der Waals surface area contributed by atoms with Crippen LogP contribution in [-0.4, -0.2) is 62.4 Å². The molecule has 0 heterocycles. The second-order valence-electron chi connectivity index (χ2n) is 13.4. The summed E-state index contributed by atoms with van der Waals surface area (Å²) in [5, 5.41) is 31.6. The number of allylic oxidation sites excluding steroid dienone is 1. The fourth-order valence-electron chi connectivity index (χ4n) is 8.72. The largest absolute Gasteiger partial charge is 0.481 e. The van der Waals surface area contributed by atoms with Gasteiger partial charge in [0.15, 0.2) is 11.9 Å². The molecule has 4 aliphatic carbocycles. The van der Waals surface area contributed by atoms with Crippen molar-refractivity contribution in [2.24, 2.45) is 33.5 Å². The van der Waals surface area contributed by atoms with Gasteiger partial charge in [-0.15, -0.1) is 0 Å². The number of hydrogen-bond acceptors (Lipinski definition) is 8. The lowest BCUT2D eigenvalue weighted by atomic mass is 9.42. The SMILES string of the molecule is CC(=O)OC1C(=O)C2=C(C(=O)CC3C2(C)CCC(O)C3(C)C)C2(C)C(=O)CC(C(C)(O)CCC(=O)O)C12C. The van der Waals surface area contributed by atoms with Crippen molar-refractivity contribution in [3.8, 4) is 0 Å². The van der Waals surface area contributed by atoms with Crippen LogP contribution in [0.15, 0.2) is 11.1 Å². The van der Waals surface area contributed by atoms with Crippen LogP contribution < -0.4 is 0 Å². The van der Waals surface area contributed by atoms with E-state index in [0.29, 0.717) is 12.8 Å². The normalized spacial score (nSPS) is 41.7. The fourth-order valence-corrected chi connectivity index (χ4v) is 8.72. The highest BCUT2D eigenvalue weighted by atomic mass is 16.5. The number of aliphatic hydroxyl groups excluding tert-OH is 1. The number of ketones is 3. The molecule has 2 saturated carbocycles. The third-order valence-electron chi connectivity index (χ3n) is 11.1. The molecule has 9 heteroatoms. The Labute approximate surface area is 223 Å². The average molecular weight is 533 g/mol. The van der Waals surface area contributed by atoms with Gasteiger partial charge in [0.05, 0.1) is 17.1 Å². The first-order valence-electron chi connectivity index (χ1n) is 13.4. The number of carbonyl (C=O) groups excluding carboxylic acids is 4. The van der Waals surface area contributed by atoms with Gasteiger partial charge in [0.25, 0.3) is 0 Å². The van der Waals surface area contributed by atoms with Crippen LogP contribution in [0.2, 0.25) is 0 Å². The maximum Gasteiger partial charge on any atom is 0.303 e. The molecule has 9 nitrogen and oxygen atoms in total. The molecule has 0 radical (unpaired) electrons. The number of hydrogen-bond donors (Lipinski definition) is 3. The summed E-state index contributed by atoms with van der Waals surface area (Å²) in [5.41, 5.74) is -5.89. The van der Waals surface area contributed by atoms with Gasteiger partial charge in [-0.25, -0.2) is 0 Å². The number of aliphatic carboxylic acids is 1. The van der Waals surface area contributed by atoms with Crippen molar-refractivity contribution in [1.29, 1.82) is 0 Å². The fraction of sp³-hybridized carbons (Fsp3) is 0.759. The van der Waals surface area contributed by atoms with Gasteiger partial charge in [-0.2, -0.15) is 0 Å². The molecule has 0 aromatic carbocycles. The minimum Gasteiger partial charge on any atom is -0.481 e. The summed E-state index contributed by atoms with van der Waals surface area (Å²) in [5.74, 6) is -4.40. The van der Waals surface area contributed by atoms with Crippen molar-refractivity contribution in [1.82, 2.24) is 0 Å². The molecule has 8 unspecified atom stereocenters. The summed E-state index contributed by atoms with van der Waals surface area (Å²) >= 11 is 0. The molecule has 38 heavy (non-hydrogen) atoms. The third-order valence-corrected chi connectivity index (χ3v) is 11.1. The smallest absolute Gasteiger partial charge is 0.303 e. The van der Waals surface area contributed by atoms with Gasteiger partial charge in [-0.05, 0) is 44.4 Å². The lowest BCUT2D eigenvalue weighted by Crippen LogP contribution is -2.66. The third kappa shape index (κ3) is 3.53. The van der Waals surface area contributed by atoms with Gasteiger partial charge in [0.1, 0.15) is 5.78 Å². The number of Topliss-reactive ketones (excluding diaryl/α,β-unsaturated/α-hetero) is 3. The molecule has 210 valence electrons. The van der Waals surface area contributed by atoms with E-state index in [4.69, 9.17) is 4.74 Å². The van der Waals surface area contributed by atoms with Gasteiger partial charge in [0, 0.05) is 54.1 Å². The van der Waals surface area contributed by atoms with Crippen molar-refractivity contribution >= 4 is 29.3 Å². The van der Waals surface area contributed by atoms with Crippen LogP contribution in [0.25, 0.3) is 0 Å². The molecule has 0 spiro atoms. The van der Waals surface area contributed by atoms with Crippen LogP contribution in [0.4, 0.5) is 0 Å². The highest BCUT2D eigenvalue weighted by Gasteiger charge is 2.76. The van der Waals surface area contributed by atoms with E-state index in [-0.39, 0.29) is 54.3 Å². The van der Waals surface area contributed by atoms with Crippen molar-refractivity contribution in [2.45, 2.75) is 105 Å². The topological polar surface area (TPSA) is 155 Å². The zero-order valence-electron chi connectivity index (χ0n) is 23.3. The summed E-state index contributed by atoms with van der Waals surface area (Å²) in [7, 11) is 0. The van der Waals surface area contributed by atoms with Crippen LogP contribution in [0.5, 0.6) is 0 Å². The van der Waals surface area contributed by atoms with Gasteiger partial charge >= 0.3 is 11.9 Å². The molecular weight excluding hydrogens is 492 g/mol. The predicted octanol–water partition coefficient (Wildman–Crippen LogP) is 2.79. The van der Waals surface area contributed by atoms with Gasteiger partial charge in [-0.3, -0.25) is 24.0 Å². The lowest BCUT2D eigenvalue weighted by Gasteiger charge is -2.61. The van der Waals surface area contributed by atoms with Crippen molar-refractivity contribution in [2.75, 3.05) is 0 Å². The first-order chi connectivity index (χ1) is 17.3. The molecule has 2 fully saturated rings. The number of carbonyl (C=O) groups is 5. The summed E-state index contributed by atoms with van der Waals surface area (Å²) in [6.07, 6.45) is -1.96. The molecule has 8 atom stereocenters. The van der Waals surface area contributed by atoms with Crippen LogP contribution >= 0.6 is 0 Å². The Morgan fingerprint density at radius 3 is 2.21 bits per heavy atom. The highest BCUT2D eigenvalue weighted by molar-refractivity contribution is 6.18. The monoisotopic (exact) mass is 532 g/mol. The second-order valence-corrected chi connectivity index (χ2v) is 13.4. The van der Waals surface area contributed by atoms with Gasteiger partial charge in [0.2, 0.25) is 5.78 Å². The predicted molar refractivity (Wildman–Crippen MR) is 135 cm³/mol. The zero-order chi connectivity index (χ0) is 28.8. The summed E-state index contributed by atoms with van der Waals surface area (Å²) < 4.78 is 5.70. The van der Waals surface area contributed by atoms with Gasteiger partial charge in [-0.1, -0.05) is 27.7 Å². The van der Waals surface area contributed by atoms with E-state index in [0.717, 1.165) is 0 Å². The summed E-state index contributed by atoms with van der Waals surface area (Å²) in [6.45, 7) is 11.5. The molecule has 4 rings (SSSR count). The Kier molecular flexibility index (Phi) is 6.44. The van der Waals surface area contributed by atoms with Crippen LogP contribution in [0, 0.1) is 33.5 Å². The Balaban J connectivity index is 2.00. The van der Waals surface area contributed by atoms with Crippen molar-refractivity contribution in [3.63, 3.8) is 0 Å². The van der Waals surface area contributed by atoms with Crippen LogP contribution in [0.3, 0.4) is 0 Å². The number of carboxylic acid groups (broad SMARTS) is 1. The maximum absolute atomic E-state index is 14.5. The average Bonchev–Trinajstić information content (AvgIpc) is 3.02. The molecule has 4 aliphatic rings. The Morgan fingerprint density at radius 2 is 1.66 bits per heavy atom. The molecular formula is C29H40O9. The number of ether oxygens (including phenoxy) is 1. The Hall–Kier alpha value is -2.39. The summed E-state index contributed by atoms with van der Waals surface area (Å²) in [4.78, 5) is 66.2. The maximum atomic E-state index is 14.5. The number of fused-ring (bicyclic) bond motifs is 4. The number of carboxylic acids is 1. The number of rotatable bonds is 5. The summed E-state index contributed by atoms with van der Waals surface area (Å²) in [6, 6.07) is 0. The molecule has 0 bridgehead atoms. The molecule has 0 aromatic heterocycles. The van der Waals surface area contributed by atoms with Crippen LogP contribution in [0.1, 0.15) is 87.0 Å². The van der Waals surface area contributed by atoms with Gasteiger partial charge < -0.3 is 20.1 Å². The van der Waals surface area contributed by atoms with E-state index in [1.807, 2.05) is 20.8 Å². The second kappa shape index (κ2) is 8.55. The molecule has 0 saturated heterocycles. The Morgan fingerprint density at radius 1 is 1.05 bits per heavy atom. The first kappa shape index (κ1) is 28.6. The van der Waals surface area contributed by atoms with E-state index in [2.05, 4.69) is 0 Å². The molecule has 0 amide bonds. The minimum absolute atomic E-state index is 0.0595. The van der Waals surface area contributed by atoms with E-state index in [1.54, 1.807) is 13.8 Å². The lowest BCUT2D eigenvalue weighted by molar-refractivity contribution is -0.184. The molecule has 0 aliphatic heterocycles. The van der Waals surface area contributed by atoms with Crippen molar-refractivity contribution in [3.05, 3.63) is 11.1 Å². The number of aliphatic hydroxyl groups is 2. The zero-order valence-corrected chi connectivity index (χ0v) is 23.3. The standard InChI is InChI=1S/C29H40O9/c1-14(30)38-24-23(36)22-21(15(31)12-16-25(2,3)18(32)8-10-26(16,22)4)29(7)19(33)13-17(28(24,29)6)27(5,37)11-9-20(34)35/h16-18,24,32,37H,8-13H2,1-7H3,(H,34,35). The number of esters is 1. The highest BCUT2D eigenvalue weighted by Crippen LogP contribution is 2.70. The van der Waals surface area contributed by atoms with Crippen molar-refractivity contribution < 1.29 is 44.0 Å². The molecule has 3 N–H and O–H groups in total.